The van der Waals surface area contributed by atoms with Crippen LogP contribution in [0.3, 0.4) is 0 Å². The second-order valence-electron chi connectivity index (χ2n) is 4.88. The predicted octanol–water partition coefficient (Wildman–Crippen LogP) is 0.808. The number of hydrogen-bond acceptors (Lipinski definition) is 5. The number of rotatable bonds is 7. The molecule has 1 fully saturated rings. The maximum atomic E-state index is 11.8. The van der Waals surface area contributed by atoms with Gasteiger partial charge in [0.25, 0.3) is 0 Å². The molecule has 1 aromatic rings. The minimum atomic E-state index is 0.0851. The third-order valence-corrected chi connectivity index (χ3v) is 3.43. The fourth-order valence-electron chi connectivity index (χ4n) is 2.23. The van der Waals surface area contributed by atoms with Gasteiger partial charge in [0.1, 0.15) is 23.9 Å². The van der Waals surface area contributed by atoms with Gasteiger partial charge in [0.15, 0.2) is 0 Å². The lowest BCUT2D eigenvalue weighted by Gasteiger charge is -2.12. The van der Waals surface area contributed by atoms with Crippen LogP contribution >= 0.6 is 0 Å². The molecule has 1 aliphatic heterocycles. The van der Waals surface area contributed by atoms with Crippen LogP contribution in [-0.2, 0) is 4.79 Å². The van der Waals surface area contributed by atoms with Crippen molar-refractivity contribution < 1.29 is 19.0 Å². The van der Waals surface area contributed by atoms with Crippen LogP contribution in [0.2, 0.25) is 0 Å². The lowest BCUT2D eigenvalue weighted by atomic mass is 10.1. The molecule has 1 aromatic carbocycles. The Bertz CT molecular complexity index is 450. The van der Waals surface area contributed by atoms with Crippen LogP contribution in [0.5, 0.6) is 17.2 Å². The van der Waals surface area contributed by atoms with Gasteiger partial charge < -0.3 is 24.8 Å². The second-order valence-corrected chi connectivity index (χ2v) is 4.88. The summed E-state index contributed by atoms with van der Waals surface area (Å²) in [4.78, 5) is 11.8. The van der Waals surface area contributed by atoms with E-state index in [9.17, 15) is 4.79 Å². The van der Waals surface area contributed by atoms with E-state index in [4.69, 9.17) is 14.2 Å². The summed E-state index contributed by atoms with van der Waals surface area (Å²) in [6.07, 6.45) is 0.903. The minimum Gasteiger partial charge on any atom is -0.496 e. The van der Waals surface area contributed by atoms with Crippen LogP contribution in [-0.4, -0.2) is 46.4 Å². The Morgan fingerprint density at radius 2 is 1.90 bits per heavy atom. The summed E-state index contributed by atoms with van der Waals surface area (Å²) in [5.41, 5.74) is 0. The first-order valence-corrected chi connectivity index (χ1v) is 7.07. The summed E-state index contributed by atoms with van der Waals surface area (Å²) in [7, 11) is 3.18. The van der Waals surface area contributed by atoms with Crippen molar-refractivity contribution in [2.24, 2.45) is 5.92 Å². The molecule has 0 bridgehead atoms. The number of benzene rings is 1. The number of carbonyl (C=O) groups excluding carboxylic acids is 1. The Morgan fingerprint density at radius 1 is 1.24 bits per heavy atom. The van der Waals surface area contributed by atoms with Crippen molar-refractivity contribution >= 4 is 5.91 Å². The Balaban J connectivity index is 1.76. The number of ether oxygens (including phenoxy) is 3. The maximum Gasteiger partial charge on any atom is 0.224 e. The fourth-order valence-corrected chi connectivity index (χ4v) is 2.23. The maximum absolute atomic E-state index is 11.8. The molecule has 1 saturated heterocycles. The molecule has 21 heavy (non-hydrogen) atoms. The first-order valence-electron chi connectivity index (χ1n) is 7.07. The molecule has 1 unspecified atom stereocenters. The normalized spacial score (nSPS) is 17.3. The van der Waals surface area contributed by atoms with Gasteiger partial charge in [-0.1, -0.05) is 0 Å². The Morgan fingerprint density at radius 3 is 2.48 bits per heavy atom. The van der Waals surface area contributed by atoms with E-state index in [-0.39, 0.29) is 11.8 Å². The van der Waals surface area contributed by atoms with Crippen molar-refractivity contribution in [3.05, 3.63) is 18.2 Å². The molecule has 6 heteroatoms. The molecule has 0 spiro atoms. The summed E-state index contributed by atoms with van der Waals surface area (Å²) >= 11 is 0. The third-order valence-electron chi connectivity index (χ3n) is 3.43. The highest BCUT2D eigenvalue weighted by Crippen LogP contribution is 2.27. The van der Waals surface area contributed by atoms with Gasteiger partial charge in [-0.2, -0.15) is 0 Å². The molecule has 1 atom stereocenters. The standard InChI is InChI=1S/C15H22N2O4/c1-19-12-7-13(20-2)9-14(8-12)21-6-5-17-15(18)11-3-4-16-10-11/h7-9,11,16H,3-6,10H2,1-2H3,(H,17,18). The molecule has 2 N–H and O–H groups in total. The molecule has 2 rings (SSSR count). The van der Waals surface area contributed by atoms with Gasteiger partial charge in [0.2, 0.25) is 5.91 Å². The van der Waals surface area contributed by atoms with Crippen LogP contribution in [0.15, 0.2) is 18.2 Å². The molecular weight excluding hydrogens is 272 g/mol. The van der Waals surface area contributed by atoms with Crippen molar-refractivity contribution in [1.82, 2.24) is 10.6 Å². The first kappa shape index (κ1) is 15.4. The molecule has 6 nitrogen and oxygen atoms in total. The monoisotopic (exact) mass is 294 g/mol. The number of hydrogen-bond donors (Lipinski definition) is 2. The van der Waals surface area contributed by atoms with Gasteiger partial charge in [-0.3, -0.25) is 4.79 Å². The van der Waals surface area contributed by atoms with Crippen molar-refractivity contribution in [2.75, 3.05) is 40.5 Å². The molecular formula is C15H22N2O4. The Kier molecular flexibility index (Phi) is 5.68. The SMILES string of the molecule is COc1cc(OC)cc(OCCNC(=O)C2CCNC2)c1. The van der Waals surface area contributed by atoms with E-state index < -0.39 is 0 Å². The van der Waals surface area contributed by atoms with E-state index >= 15 is 0 Å². The lowest BCUT2D eigenvalue weighted by Crippen LogP contribution is -2.34. The number of amides is 1. The Hall–Kier alpha value is -1.95. The van der Waals surface area contributed by atoms with Crippen molar-refractivity contribution in [3.63, 3.8) is 0 Å². The van der Waals surface area contributed by atoms with E-state index in [1.165, 1.54) is 0 Å². The van der Waals surface area contributed by atoms with Crippen LogP contribution in [0.1, 0.15) is 6.42 Å². The number of methoxy groups -OCH3 is 2. The van der Waals surface area contributed by atoms with Crippen LogP contribution < -0.4 is 24.8 Å². The number of nitrogens with one attached hydrogen (secondary N) is 2. The summed E-state index contributed by atoms with van der Waals surface area (Å²) in [5.74, 6) is 2.17. The summed E-state index contributed by atoms with van der Waals surface area (Å²) in [5, 5.41) is 6.06. The molecule has 116 valence electrons. The number of carbonyl (C=O) groups is 1. The van der Waals surface area contributed by atoms with Gasteiger partial charge in [0.05, 0.1) is 26.7 Å². The van der Waals surface area contributed by atoms with Crippen LogP contribution in [0.25, 0.3) is 0 Å². The quantitative estimate of drug-likeness (QED) is 0.728. The van der Waals surface area contributed by atoms with E-state index in [1.54, 1.807) is 32.4 Å². The van der Waals surface area contributed by atoms with Gasteiger partial charge in [-0.15, -0.1) is 0 Å². The van der Waals surface area contributed by atoms with Gasteiger partial charge in [-0.25, -0.2) is 0 Å². The minimum absolute atomic E-state index is 0.0851. The summed E-state index contributed by atoms with van der Waals surface area (Å²) in [6.45, 7) is 2.56. The third kappa shape index (κ3) is 4.53. The molecule has 0 aliphatic carbocycles. The largest absolute Gasteiger partial charge is 0.496 e. The van der Waals surface area contributed by atoms with Gasteiger partial charge >= 0.3 is 0 Å². The van der Waals surface area contributed by atoms with E-state index in [0.717, 1.165) is 19.5 Å². The molecule has 0 aromatic heterocycles. The smallest absolute Gasteiger partial charge is 0.224 e. The molecule has 1 amide bonds. The second kappa shape index (κ2) is 7.73. The van der Waals surface area contributed by atoms with E-state index in [2.05, 4.69) is 10.6 Å². The lowest BCUT2D eigenvalue weighted by molar-refractivity contribution is -0.124. The van der Waals surface area contributed by atoms with Crippen LogP contribution in [0.4, 0.5) is 0 Å². The summed E-state index contributed by atoms with van der Waals surface area (Å²) in [6, 6.07) is 5.35. The molecule has 0 radical (unpaired) electrons. The van der Waals surface area contributed by atoms with E-state index in [1.807, 2.05) is 0 Å². The van der Waals surface area contributed by atoms with Crippen molar-refractivity contribution in [3.8, 4) is 17.2 Å². The highest BCUT2D eigenvalue weighted by molar-refractivity contribution is 5.79. The fraction of sp³-hybridized carbons (Fsp3) is 0.533. The average molecular weight is 294 g/mol. The topological polar surface area (TPSA) is 68.8 Å². The summed E-state index contributed by atoms with van der Waals surface area (Å²) < 4.78 is 16.0. The van der Waals surface area contributed by atoms with Crippen LogP contribution in [0, 0.1) is 5.92 Å². The Labute approximate surface area is 124 Å². The van der Waals surface area contributed by atoms with Gasteiger partial charge in [-0.05, 0) is 13.0 Å². The zero-order chi connectivity index (χ0) is 15.1. The molecule has 1 aliphatic rings. The molecule has 1 heterocycles. The first-order chi connectivity index (χ1) is 10.2. The highest BCUT2D eigenvalue weighted by Gasteiger charge is 2.21. The van der Waals surface area contributed by atoms with Crippen molar-refractivity contribution in [1.29, 1.82) is 0 Å². The van der Waals surface area contributed by atoms with Crippen molar-refractivity contribution in [2.45, 2.75) is 6.42 Å². The highest BCUT2D eigenvalue weighted by atomic mass is 16.5. The molecule has 0 saturated carbocycles. The predicted molar refractivity (Wildman–Crippen MR) is 79.0 cm³/mol. The van der Waals surface area contributed by atoms with Gasteiger partial charge in [0, 0.05) is 24.7 Å². The van der Waals surface area contributed by atoms with E-state index in [0.29, 0.717) is 30.4 Å². The zero-order valence-electron chi connectivity index (χ0n) is 12.5. The average Bonchev–Trinajstić information content (AvgIpc) is 3.05. The zero-order valence-corrected chi connectivity index (χ0v) is 12.5.